The molecule has 2 rings (SSSR count). The SMILES string of the molecule is COC(=O)C(CN1C(=O)c2ccccc2C1=O)NC(=O)OC(C)(C)C. The number of fused-ring (bicyclic) bond motifs is 1. The molecule has 1 aromatic carbocycles. The van der Waals surface area contributed by atoms with Crippen molar-refractivity contribution in [3.05, 3.63) is 35.4 Å². The highest BCUT2D eigenvalue weighted by molar-refractivity contribution is 6.21. The normalized spacial score (nSPS) is 14.8. The minimum atomic E-state index is -1.23. The molecule has 1 heterocycles. The van der Waals surface area contributed by atoms with Crippen LogP contribution < -0.4 is 5.32 Å². The zero-order valence-corrected chi connectivity index (χ0v) is 14.5. The number of carbonyl (C=O) groups excluding carboxylic acids is 4. The van der Waals surface area contributed by atoms with Crippen molar-refractivity contribution in [1.29, 1.82) is 0 Å². The largest absolute Gasteiger partial charge is 0.467 e. The fourth-order valence-electron chi connectivity index (χ4n) is 2.36. The molecular weight excluding hydrogens is 328 g/mol. The van der Waals surface area contributed by atoms with Gasteiger partial charge in [-0.3, -0.25) is 14.5 Å². The molecule has 0 bridgehead atoms. The number of esters is 1. The number of benzene rings is 1. The van der Waals surface area contributed by atoms with Crippen molar-refractivity contribution in [1.82, 2.24) is 10.2 Å². The number of amides is 3. The molecule has 25 heavy (non-hydrogen) atoms. The second-order valence-corrected chi connectivity index (χ2v) is 6.49. The lowest BCUT2D eigenvalue weighted by Crippen LogP contribution is -2.51. The van der Waals surface area contributed by atoms with Crippen LogP contribution in [-0.2, 0) is 14.3 Å². The molecule has 0 aliphatic carbocycles. The summed E-state index contributed by atoms with van der Waals surface area (Å²) in [5.74, 6) is -1.84. The number of carbonyl (C=O) groups is 4. The molecule has 1 unspecified atom stereocenters. The van der Waals surface area contributed by atoms with Crippen LogP contribution in [0.15, 0.2) is 24.3 Å². The second-order valence-electron chi connectivity index (χ2n) is 6.49. The third-order valence-corrected chi connectivity index (χ3v) is 3.42. The van der Waals surface area contributed by atoms with Crippen LogP contribution in [0.4, 0.5) is 4.79 Å². The summed E-state index contributed by atoms with van der Waals surface area (Å²) in [6.45, 7) is 4.66. The van der Waals surface area contributed by atoms with Gasteiger partial charge in [0.15, 0.2) is 0 Å². The lowest BCUT2D eigenvalue weighted by Gasteiger charge is -2.24. The monoisotopic (exact) mass is 348 g/mol. The first-order valence-electron chi connectivity index (χ1n) is 7.66. The number of nitrogens with one attached hydrogen (secondary N) is 1. The fourth-order valence-corrected chi connectivity index (χ4v) is 2.36. The quantitative estimate of drug-likeness (QED) is 0.651. The van der Waals surface area contributed by atoms with E-state index in [1.165, 1.54) is 12.1 Å². The smallest absolute Gasteiger partial charge is 0.408 e. The van der Waals surface area contributed by atoms with E-state index >= 15 is 0 Å². The van der Waals surface area contributed by atoms with Gasteiger partial charge in [0.2, 0.25) is 0 Å². The van der Waals surface area contributed by atoms with E-state index in [0.29, 0.717) is 0 Å². The van der Waals surface area contributed by atoms with Crippen molar-refractivity contribution in [2.24, 2.45) is 0 Å². The van der Waals surface area contributed by atoms with Gasteiger partial charge in [0.25, 0.3) is 11.8 Å². The minimum Gasteiger partial charge on any atom is -0.467 e. The van der Waals surface area contributed by atoms with Crippen molar-refractivity contribution in [3.63, 3.8) is 0 Å². The van der Waals surface area contributed by atoms with Crippen LogP contribution in [0.5, 0.6) is 0 Å². The molecule has 0 radical (unpaired) electrons. The van der Waals surface area contributed by atoms with Crippen LogP contribution in [0.25, 0.3) is 0 Å². The fraction of sp³-hybridized carbons (Fsp3) is 0.412. The zero-order valence-electron chi connectivity index (χ0n) is 14.5. The predicted octanol–water partition coefficient (Wildman–Crippen LogP) is 1.35. The molecule has 134 valence electrons. The van der Waals surface area contributed by atoms with E-state index in [-0.39, 0.29) is 17.7 Å². The number of alkyl carbamates (subject to hydrolysis) is 1. The first-order chi connectivity index (χ1) is 11.6. The molecule has 0 spiro atoms. The molecule has 0 fully saturated rings. The van der Waals surface area contributed by atoms with Crippen molar-refractivity contribution in [2.75, 3.05) is 13.7 Å². The third kappa shape index (κ3) is 4.14. The first-order valence-corrected chi connectivity index (χ1v) is 7.66. The van der Waals surface area contributed by atoms with Crippen molar-refractivity contribution < 1.29 is 28.7 Å². The van der Waals surface area contributed by atoms with Crippen LogP contribution in [0.1, 0.15) is 41.5 Å². The summed E-state index contributed by atoms with van der Waals surface area (Å²) in [5, 5.41) is 2.34. The maximum absolute atomic E-state index is 12.4. The summed E-state index contributed by atoms with van der Waals surface area (Å²) < 4.78 is 9.74. The maximum Gasteiger partial charge on any atom is 0.408 e. The predicted molar refractivity (Wildman–Crippen MR) is 87.0 cm³/mol. The average Bonchev–Trinajstić information content (AvgIpc) is 2.77. The first kappa shape index (κ1) is 18.4. The minimum absolute atomic E-state index is 0.258. The van der Waals surface area contributed by atoms with Crippen LogP contribution in [0.3, 0.4) is 0 Å². The Morgan fingerprint density at radius 3 is 2.08 bits per heavy atom. The van der Waals surface area contributed by atoms with Crippen molar-refractivity contribution in [3.8, 4) is 0 Å². The van der Waals surface area contributed by atoms with E-state index in [0.717, 1.165) is 12.0 Å². The molecule has 3 amide bonds. The molecule has 8 heteroatoms. The number of nitrogens with zero attached hydrogens (tertiary/aromatic N) is 1. The zero-order chi connectivity index (χ0) is 18.8. The Hall–Kier alpha value is -2.90. The molecule has 1 aliphatic heterocycles. The van der Waals surface area contributed by atoms with Crippen molar-refractivity contribution in [2.45, 2.75) is 32.4 Å². The highest BCUT2D eigenvalue weighted by Crippen LogP contribution is 2.22. The maximum atomic E-state index is 12.4. The van der Waals surface area contributed by atoms with Gasteiger partial charge in [-0.2, -0.15) is 0 Å². The third-order valence-electron chi connectivity index (χ3n) is 3.42. The number of ether oxygens (including phenoxy) is 2. The van der Waals surface area contributed by atoms with Gasteiger partial charge in [-0.05, 0) is 32.9 Å². The standard InChI is InChI=1S/C17H20N2O6/c1-17(2,3)25-16(23)18-12(15(22)24-4)9-19-13(20)10-7-5-6-8-11(10)14(19)21/h5-8,12H,9H2,1-4H3,(H,18,23). The molecule has 1 aliphatic rings. The van der Waals surface area contributed by atoms with Crippen LogP contribution >= 0.6 is 0 Å². The lowest BCUT2D eigenvalue weighted by molar-refractivity contribution is -0.143. The number of rotatable bonds is 4. The Morgan fingerprint density at radius 1 is 1.12 bits per heavy atom. The Morgan fingerprint density at radius 2 is 1.64 bits per heavy atom. The highest BCUT2D eigenvalue weighted by atomic mass is 16.6. The van der Waals surface area contributed by atoms with Gasteiger partial charge in [-0.1, -0.05) is 12.1 Å². The summed E-state index contributed by atoms with van der Waals surface area (Å²) in [4.78, 5) is 49.5. The van der Waals surface area contributed by atoms with Gasteiger partial charge in [0.05, 0.1) is 24.8 Å². The highest BCUT2D eigenvalue weighted by Gasteiger charge is 2.38. The van der Waals surface area contributed by atoms with E-state index < -0.39 is 35.5 Å². The number of hydrogen-bond acceptors (Lipinski definition) is 6. The molecular formula is C17H20N2O6. The summed E-state index contributed by atoms with van der Waals surface area (Å²) in [6, 6.07) is 5.12. The van der Waals surface area contributed by atoms with E-state index in [9.17, 15) is 19.2 Å². The Balaban J connectivity index is 2.16. The van der Waals surface area contributed by atoms with Crippen molar-refractivity contribution >= 4 is 23.9 Å². The Labute approximate surface area is 145 Å². The summed E-state index contributed by atoms with van der Waals surface area (Å²) in [5.41, 5.74) is -0.248. The van der Waals surface area contributed by atoms with Gasteiger partial charge >= 0.3 is 12.1 Å². The van der Waals surface area contributed by atoms with Gasteiger partial charge in [-0.15, -0.1) is 0 Å². The molecule has 0 saturated carbocycles. The average molecular weight is 348 g/mol. The number of imide groups is 1. The molecule has 0 aromatic heterocycles. The van der Waals surface area contributed by atoms with Crippen LogP contribution in [0.2, 0.25) is 0 Å². The molecule has 1 aromatic rings. The summed E-state index contributed by atoms with van der Waals surface area (Å²) in [6.07, 6.45) is -0.848. The molecule has 8 nitrogen and oxygen atoms in total. The number of hydrogen-bond donors (Lipinski definition) is 1. The van der Waals surface area contributed by atoms with Gasteiger partial charge in [0.1, 0.15) is 11.6 Å². The Bertz CT molecular complexity index is 687. The summed E-state index contributed by atoms with van der Waals surface area (Å²) >= 11 is 0. The lowest BCUT2D eigenvalue weighted by atomic mass is 10.1. The van der Waals surface area contributed by atoms with E-state index in [2.05, 4.69) is 10.1 Å². The van der Waals surface area contributed by atoms with E-state index in [1.54, 1.807) is 32.9 Å². The van der Waals surface area contributed by atoms with Gasteiger partial charge in [-0.25, -0.2) is 9.59 Å². The molecule has 1 atom stereocenters. The van der Waals surface area contributed by atoms with Gasteiger partial charge < -0.3 is 14.8 Å². The van der Waals surface area contributed by atoms with E-state index in [1.807, 2.05) is 0 Å². The summed E-state index contributed by atoms with van der Waals surface area (Å²) in [7, 11) is 1.15. The van der Waals surface area contributed by atoms with Crippen LogP contribution in [-0.4, -0.2) is 54.1 Å². The second kappa shape index (κ2) is 6.92. The van der Waals surface area contributed by atoms with Crippen LogP contribution in [0, 0.1) is 0 Å². The topological polar surface area (TPSA) is 102 Å². The Kier molecular flexibility index (Phi) is 5.10. The number of methoxy groups -OCH3 is 1. The van der Waals surface area contributed by atoms with Gasteiger partial charge in [0, 0.05) is 0 Å². The molecule has 1 N–H and O–H groups in total. The molecule has 0 saturated heterocycles. The van der Waals surface area contributed by atoms with E-state index in [4.69, 9.17) is 4.74 Å².